The molecule has 0 aliphatic carbocycles. The third kappa shape index (κ3) is 2.41. The zero-order chi connectivity index (χ0) is 12.4. The molecule has 1 N–H and O–H groups in total. The van der Waals surface area contributed by atoms with Crippen LogP contribution in [0.2, 0.25) is 4.34 Å². The fourth-order valence-electron chi connectivity index (χ4n) is 1.54. The van der Waals surface area contributed by atoms with Crippen molar-refractivity contribution in [2.45, 2.75) is 6.42 Å². The Labute approximate surface area is 112 Å². The van der Waals surface area contributed by atoms with Crippen molar-refractivity contribution in [1.82, 2.24) is 25.3 Å². The van der Waals surface area contributed by atoms with Crippen LogP contribution in [0.3, 0.4) is 0 Å². The van der Waals surface area contributed by atoms with Crippen LogP contribution >= 0.6 is 22.9 Å². The average Bonchev–Trinajstić information content (AvgIpc) is 2.97. The lowest BCUT2D eigenvalue weighted by atomic mass is 10.3. The van der Waals surface area contributed by atoms with Crippen LogP contribution in [0.1, 0.15) is 4.88 Å². The first-order valence-electron chi connectivity index (χ1n) is 5.35. The van der Waals surface area contributed by atoms with E-state index in [0.29, 0.717) is 5.65 Å². The minimum absolute atomic E-state index is 0.630. The molecule has 0 radical (unpaired) electrons. The van der Waals surface area contributed by atoms with E-state index in [2.05, 4.69) is 25.9 Å². The van der Waals surface area contributed by atoms with Gasteiger partial charge in [-0.3, -0.25) is 0 Å². The van der Waals surface area contributed by atoms with Crippen LogP contribution in [0.25, 0.3) is 5.65 Å². The summed E-state index contributed by atoms with van der Waals surface area (Å²) in [4.78, 5) is 1.25. The molecule has 0 unspecified atom stereocenters. The van der Waals surface area contributed by atoms with E-state index in [1.165, 1.54) is 9.51 Å². The second-order valence-electron chi connectivity index (χ2n) is 3.63. The van der Waals surface area contributed by atoms with Crippen molar-refractivity contribution in [3.63, 3.8) is 0 Å². The highest BCUT2D eigenvalue weighted by molar-refractivity contribution is 7.16. The van der Waals surface area contributed by atoms with E-state index in [1.807, 2.05) is 24.3 Å². The van der Waals surface area contributed by atoms with Gasteiger partial charge in [-0.2, -0.15) is 0 Å². The summed E-state index contributed by atoms with van der Waals surface area (Å²) in [6, 6.07) is 7.62. The monoisotopic (exact) mass is 280 g/mol. The van der Waals surface area contributed by atoms with Gasteiger partial charge in [-0.05, 0) is 41.1 Å². The van der Waals surface area contributed by atoms with Crippen LogP contribution in [0.4, 0.5) is 5.82 Å². The lowest BCUT2D eigenvalue weighted by Crippen LogP contribution is -2.07. The van der Waals surface area contributed by atoms with Crippen molar-refractivity contribution >= 4 is 34.4 Å². The van der Waals surface area contributed by atoms with Gasteiger partial charge < -0.3 is 5.32 Å². The average molecular weight is 281 g/mol. The van der Waals surface area contributed by atoms with Gasteiger partial charge in [0.2, 0.25) is 0 Å². The van der Waals surface area contributed by atoms with Crippen LogP contribution in [-0.2, 0) is 6.42 Å². The van der Waals surface area contributed by atoms with Gasteiger partial charge in [0, 0.05) is 11.4 Å². The first kappa shape index (κ1) is 11.4. The van der Waals surface area contributed by atoms with Crippen molar-refractivity contribution in [2.24, 2.45) is 0 Å². The molecule has 0 amide bonds. The number of nitrogens with zero attached hydrogens (tertiary/aromatic N) is 5. The van der Waals surface area contributed by atoms with Gasteiger partial charge in [-0.15, -0.1) is 26.2 Å². The molecule has 0 aliphatic rings. The van der Waals surface area contributed by atoms with Gasteiger partial charge in [0.15, 0.2) is 5.65 Å². The van der Waals surface area contributed by atoms with Gasteiger partial charge in [0.1, 0.15) is 5.82 Å². The summed E-state index contributed by atoms with van der Waals surface area (Å²) in [7, 11) is 0. The Bertz CT molecular complexity index is 663. The smallest absolute Gasteiger partial charge is 0.200 e. The van der Waals surface area contributed by atoms with Crippen molar-refractivity contribution < 1.29 is 0 Å². The lowest BCUT2D eigenvalue weighted by molar-refractivity contribution is 0.734. The molecule has 0 fully saturated rings. The number of halogens is 1. The van der Waals surface area contributed by atoms with Crippen LogP contribution < -0.4 is 5.32 Å². The van der Waals surface area contributed by atoms with Gasteiger partial charge in [0.25, 0.3) is 0 Å². The molecule has 0 aliphatic heterocycles. The summed E-state index contributed by atoms with van der Waals surface area (Å²) < 4.78 is 2.21. The van der Waals surface area contributed by atoms with Gasteiger partial charge >= 0.3 is 0 Å². The number of tetrazole rings is 1. The topological polar surface area (TPSA) is 68.0 Å². The highest BCUT2D eigenvalue weighted by Gasteiger charge is 2.01. The largest absolute Gasteiger partial charge is 0.368 e. The molecule has 6 nitrogen and oxygen atoms in total. The van der Waals surface area contributed by atoms with Gasteiger partial charge in [0.05, 0.1) is 4.34 Å². The van der Waals surface area contributed by atoms with Crippen LogP contribution in [0.5, 0.6) is 0 Å². The summed E-state index contributed by atoms with van der Waals surface area (Å²) in [5, 5.41) is 18.5. The minimum Gasteiger partial charge on any atom is -0.368 e. The Morgan fingerprint density at radius 3 is 3.06 bits per heavy atom. The van der Waals surface area contributed by atoms with Crippen LogP contribution in [-0.4, -0.2) is 31.8 Å². The zero-order valence-electron chi connectivity index (χ0n) is 9.25. The second kappa shape index (κ2) is 4.87. The summed E-state index contributed by atoms with van der Waals surface area (Å²) in [5.41, 5.74) is 0.630. The molecule has 3 aromatic rings. The predicted molar refractivity (Wildman–Crippen MR) is 70.1 cm³/mol. The molecule has 0 aromatic carbocycles. The Morgan fingerprint density at radius 1 is 1.28 bits per heavy atom. The maximum Gasteiger partial charge on any atom is 0.200 e. The first-order chi connectivity index (χ1) is 8.81. The fraction of sp³-hybridized carbons (Fsp3) is 0.200. The molecule has 18 heavy (non-hydrogen) atoms. The lowest BCUT2D eigenvalue weighted by Gasteiger charge is -2.03. The maximum atomic E-state index is 5.87. The van der Waals surface area contributed by atoms with E-state index < -0.39 is 0 Å². The molecule has 3 rings (SSSR count). The molecule has 0 saturated carbocycles. The minimum atomic E-state index is 0.630. The summed E-state index contributed by atoms with van der Waals surface area (Å²) in [6.45, 7) is 0.789. The SMILES string of the molecule is Clc1ccc(CCNc2ccc3nnnn3n2)s1. The molecular formula is C10H9ClN6S. The number of aromatic nitrogens is 5. The fourth-order valence-corrected chi connectivity index (χ4v) is 2.63. The van der Waals surface area contributed by atoms with Crippen molar-refractivity contribution in [2.75, 3.05) is 11.9 Å². The molecule has 0 atom stereocenters. The Hall–Kier alpha value is -1.73. The standard InChI is InChI=1S/C10H9ClN6S/c11-8-2-1-7(18-8)5-6-12-9-3-4-10-13-15-16-17(10)14-9/h1-4H,5-6H2,(H,12,14). The molecule has 0 spiro atoms. The quantitative estimate of drug-likeness (QED) is 0.790. The number of anilines is 1. The van der Waals surface area contributed by atoms with E-state index in [4.69, 9.17) is 11.6 Å². The number of hydrogen-bond donors (Lipinski definition) is 1. The second-order valence-corrected chi connectivity index (χ2v) is 5.43. The third-order valence-corrected chi connectivity index (χ3v) is 3.67. The Balaban J connectivity index is 1.62. The molecule has 3 aromatic heterocycles. The number of fused-ring (bicyclic) bond motifs is 1. The van der Waals surface area contributed by atoms with Crippen molar-refractivity contribution in [3.05, 3.63) is 33.5 Å². The number of nitrogens with one attached hydrogen (secondary N) is 1. The predicted octanol–water partition coefficient (Wildman–Crippen LogP) is 1.89. The molecule has 0 saturated heterocycles. The maximum absolute atomic E-state index is 5.87. The van der Waals surface area contributed by atoms with E-state index in [9.17, 15) is 0 Å². The van der Waals surface area contributed by atoms with Crippen LogP contribution in [0.15, 0.2) is 24.3 Å². The zero-order valence-corrected chi connectivity index (χ0v) is 10.8. The number of hydrogen-bond acceptors (Lipinski definition) is 6. The van der Waals surface area contributed by atoms with E-state index >= 15 is 0 Å². The normalized spacial score (nSPS) is 10.9. The third-order valence-electron chi connectivity index (χ3n) is 2.38. The highest BCUT2D eigenvalue weighted by Crippen LogP contribution is 2.21. The molecule has 8 heteroatoms. The molecule has 0 bridgehead atoms. The van der Waals surface area contributed by atoms with E-state index in [0.717, 1.165) is 23.1 Å². The number of rotatable bonds is 4. The summed E-state index contributed by atoms with van der Waals surface area (Å²) in [5.74, 6) is 0.748. The Morgan fingerprint density at radius 2 is 2.22 bits per heavy atom. The first-order valence-corrected chi connectivity index (χ1v) is 6.54. The summed E-state index contributed by atoms with van der Waals surface area (Å²) in [6.07, 6.45) is 0.909. The Kier molecular flexibility index (Phi) is 3.07. The van der Waals surface area contributed by atoms with Gasteiger partial charge in [-0.25, -0.2) is 0 Å². The summed E-state index contributed by atoms with van der Waals surface area (Å²) >= 11 is 7.46. The molecule has 92 valence electrons. The van der Waals surface area contributed by atoms with Gasteiger partial charge in [-0.1, -0.05) is 11.6 Å². The van der Waals surface area contributed by atoms with Crippen molar-refractivity contribution in [3.8, 4) is 0 Å². The molecular weight excluding hydrogens is 272 g/mol. The molecule has 3 heterocycles. The highest BCUT2D eigenvalue weighted by atomic mass is 35.5. The van der Waals surface area contributed by atoms with E-state index in [1.54, 1.807) is 11.3 Å². The van der Waals surface area contributed by atoms with Crippen molar-refractivity contribution in [1.29, 1.82) is 0 Å². The van der Waals surface area contributed by atoms with Crippen LogP contribution in [0, 0.1) is 0 Å². The van der Waals surface area contributed by atoms with E-state index in [-0.39, 0.29) is 0 Å². The number of thiophene rings is 1.